The lowest BCUT2D eigenvalue weighted by molar-refractivity contribution is 0.482. The molecule has 0 radical (unpaired) electrons. The zero-order valence-corrected chi connectivity index (χ0v) is 18.7. The Bertz CT molecular complexity index is 1600. The van der Waals surface area contributed by atoms with Crippen LogP contribution in [0.3, 0.4) is 0 Å². The zero-order valence-electron chi connectivity index (χ0n) is 18.7. The summed E-state index contributed by atoms with van der Waals surface area (Å²) < 4.78 is 7.79. The smallest absolute Gasteiger partial charge is 0.266 e. The van der Waals surface area contributed by atoms with Gasteiger partial charge in [0.2, 0.25) is 0 Å². The van der Waals surface area contributed by atoms with Gasteiger partial charge in [0.05, 0.1) is 27.2 Å². The van der Waals surface area contributed by atoms with Gasteiger partial charge in [-0.05, 0) is 55.5 Å². The summed E-state index contributed by atoms with van der Waals surface area (Å²) in [5, 5.41) is 0.493. The van der Waals surface area contributed by atoms with E-state index in [-0.39, 0.29) is 21.5 Å². The molecule has 7 nitrogen and oxygen atoms in total. The molecule has 3 aromatic carbocycles. The van der Waals surface area contributed by atoms with Crippen LogP contribution < -0.4 is 27.0 Å². The van der Waals surface area contributed by atoms with Gasteiger partial charge >= 0.3 is 0 Å². The van der Waals surface area contributed by atoms with Crippen molar-refractivity contribution < 1.29 is 4.74 Å². The second kappa shape index (κ2) is 8.35. The molecule has 5 aromatic rings. The number of rotatable bonds is 3. The number of ether oxygens (including phenoxy) is 1. The maximum atomic E-state index is 12.9. The van der Waals surface area contributed by atoms with Gasteiger partial charge in [0, 0.05) is 7.05 Å². The standard InChI is InChI=1S/C24H16N2O5.C2H6/c1-13-3-7-15(8-4-13)31-16-9-5-14(6-10-16)26-23(29)19-11-17-18(12-20(19)24(26)30)22(28)25(2)21(17)27;1-2/h3-12H,1-2H3;1-2H3. The molecule has 166 valence electrons. The summed E-state index contributed by atoms with van der Waals surface area (Å²) in [5.74, 6) is 1.23. The van der Waals surface area contributed by atoms with E-state index in [4.69, 9.17) is 4.74 Å². The van der Waals surface area contributed by atoms with Crippen LogP contribution in [0, 0.1) is 6.92 Å². The molecule has 0 aliphatic rings. The lowest BCUT2D eigenvalue weighted by Crippen LogP contribution is -2.23. The van der Waals surface area contributed by atoms with Gasteiger partial charge in [0.1, 0.15) is 11.5 Å². The van der Waals surface area contributed by atoms with E-state index in [2.05, 4.69) is 0 Å². The van der Waals surface area contributed by atoms with Crippen LogP contribution in [0.1, 0.15) is 19.4 Å². The molecule has 2 heterocycles. The third kappa shape index (κ3) is 3.57. The summed E-state index contributed by atoms with van der Waals surface area (Å²) in [7, 11) is 1.37. The normalized spacial score (nSPS) is 10.9. The summed E-state index contributed by atoms with van der Waals surface area (Å²) in [6.07, 6.45) is 0. The van der Waals surface area contributed by atoms with Crippen LogP contribution in [-0.4, -0.2) is 9.13 Å². The average molecular weight is 442 g/mol. The minimum Gasteiger partial charge on any atom is -0.457 e. The second-order valence-electron chi connectivity index (χ2n) is 7.47. The first-order chi connectivity index (χ1) is 15.8. The van der Waals surface area contributed by atoms with E-state index in [9.17, 15) is 19.2 Å². The predicted octanol–water partition coefficient (Wildman–Crippen LogP) is 3.57. The summed E-state index contributed by atoms with van der Waals surface area (Å²) in [6.45, 7) is 5.99. The van der Waals surface area contributed by atoms with Crippen LogP contribution in [-0.2, 0) is 7.05 Å². The highest BCUT2D eigenvalue weighted by Crippen LogP contribution is 2.23. The minimum atomic E-state index is -0.537. The predicted molar refractivity (Wildman–Crippen MR) is 130 cm³/mol. The van der Waals surface area contributed by atoms with Crippen LogP contribution in [0.5, 0.6) is 11.5 Å². The number of hydrogen-bond donors (Lipinski definition) is 0. The SMILES string of the molecule is CC.Cc1ccc(Oc2ccc(-n3c(=O)c4cc5c(=O)n(C)c(=O)c5cc4c3=O)cc2)cc1. The first-order valence-corrected chi connectivity index (χ1v) is 10.6. The number of fused-ring (bicyclic) bond motifs is 2. The van der Waals surface area contributed by atoms with E-state index < -0.39 is 22.2 Å². The maximum Gasteiger partial charge on any atom is 0.266 e. The lowest BCUT2D eigenvalue weighted by Gasteiger charge is -2.07. The Labute approximate surface area is 188 Å². The van der Waals surface area contributed by atoms with Crippen molar-refractivity contribution in [1.29, 1.82) is 0 Å². The molecule has 0 bridgehead atoms. The topological polar surface area (TPSA) is 87.4 Å². The van der Waals surface area contributed by atoms with E-state index in [1.807, 2.05) is 45.0 Å². The zero-order chi connectivity index (χ0) is 23.9. The molecule has 0 atom stereocenters. The van der Waals surface area contributed by atoms with Gasteiger partial charge in [-0.15, -0.1) is 0 Å². The molecular weight excluding hydrogens is 420 g/mol. The molecule has 7 heteroatoms. The van der Waals surface area contributed by atoms with E-state index >= 15 is 0 Å². The third-order valence-corrected chi connectivity index (χ3v) is 5.45. The van der Waals surface area contributed by atoms with Gasteiger partial charge < -0.3 is 4.74 Å². The quantitative estimate of drug-likeness (QED) is 0.426. The number of benzene rings is 3. The van der Waals surface area contributed by atoms with Crippen LogP contribution in [0.2, 0.25) is 0 Å². The van der Waals surface area contributed by atoms with Crippen molar-refractivity contribution in [3.8, 4) is 17.2 Å². The van der Waals surface area contributed by atoms with E-state index in [1.54, 1.807) is 24.3 Å². The van der Waals surface area contributed by atoms with Gasteiger partial charge in [0.25, 0.3) is 22.2 Å². The minimum absolute atomic E-state index is 0.111. The lowest BCUT2D eigenvalue weighted by atomic mass is 10.1. The van der Waals surface area contributed by atoms with Crippen molar-refractivity contribution in [2.24, 2.45) is 7.05 Å². The summed E-state index contributed by atoms with van der Waals surface area (Å²) >= 11 is 0. The molecule has 33 heavy (non-hydrogen) atoms. The van der Waals surface area contributed by atoms with Crippen LogP contribution in [0.4, 0.5) is 0 Å². The van der Waals surface area contributed by atoms with Crippen molar-refractivity contribution in [3.63, 3.8) is 0 Å². The van der Waals surface area contributed by atoms with Gasteiger partial charge in [-0.25, -0.2) is 4.57 Å². The fourth-order valence-corrected chi connectivity index (χ4v) is 3.73. The van der Waals surface area contributed by atoms with Crippen LogP contribution >= 0.6 is 0 Å². The van der Waals surface area contributed by atoms with Gasteiger partial charge in [-0.3, -0.25) is 23.7 Å². The highest BCUT2D eigenvalue weighted by atomic mass is 16.5. The first kappa shape index (κ1) is 22.0. The van der Waals surface area contributed by atoms with Crippen molar-refractivity contribution in [1.82, 2.24) is 9.13 Å². The molecule has 0 amide bonds. The highest BCUT2D eigenvalue weighted by molar-refractivity contribution is 5.98. The number of aromatic nitrogens is 2. The van der Waals surface area contributed by atoms with E-state index in [0.29, 0.717) is 17.2 Å². The Hall–Kier alpha value is -4.26. The molecular formula is C26H22N2O5. The van der Waals surface area contributed by atoms with Crippen molar-refractivity contribution >= 4 is 21.5 Å². The number of nitrogens with zero attached hydrogens (tertiary/aromatic N) is 2. The summed E-state index contributed by atoms with van der Waals surface area (Å²) in [5.41, 5.74) is -0.556. The number of hydrogen-bond acceptors (Lipinski definition) is 5. The Kier molecular flexibility index (Phi) is 5.55. The first-order valence-electron chi connectivity index (χ1n) is 10.6. The monoisotopic (exact) mass is 442 g/mol. The second-order valence-corrected chi connectivity index (χ2v) is 7.47. The van der Waals surface area contributed by atoms with E-state index in [1.165, 1.54) is 19.2 Å². The van der Waals surface area contributed by atoms with Crippen LogP contribution in [0.15, 0.2) is 79.8 Å². The molecule has 2 aromatic heterocycles. The summed E-state index contributed by atoms with van der Waals surface area (Å²) in [4.78, 5) is 50.4. The average Bonchev–Trinajstić information content (AvgIpc) is 3.21. The Morgan fingerprint density at radius 2 is 1.00 bits per heavy atom. The molecule has 5 rings (SSSR count). The van der Waals surface area contributed by atoms with Gasteiger partial charge in [0.15, 0.2) is 0 Å². The third-order valence-electron chi connectivity index (χ3n) is 5.45. The Morgan fingerprint density at radius 1 is 0.606 bits per heavy atom. The van der Waals surface area contributed by atoms with Crippen molar-refractivity contribution in [2.75, 3.05) is 0 Å². The molecule has 0 unspecified atom stereocenters. The molecule has 0 saturated carbocycles. The van der Waals surface area contributed by atoms with Gasteiger partial charge in [-0.1, -0.05) is 31.5 Å². The van der Waals surface area contributed by atoms with Crippen molar-refractivity contribution in [2.45, 2.75) is 20.8 Å². The Balaban J connectivity index is 0.00000126. The molecule has 0 aliphatic carbocycles. The molecule has 0 N–H and O–H groups in total. The van der Waals surface area contributed by atoms with Crippen LogP contribution in [0.25, 0.3) is 27.2 Å². The van der Waals surface area contributed by atoms with E-state index in [0.717, 1.165) is 14.7 Å². The number of aryl methyl sites for hydroxylation is 1. The van der Waals surface area contributed by atoms with Crippen molar-refractivity contribution in [3.05, 3.63) is 108 Å². The molecule has 0 aliphatic heterocycles. The fraction of sp³-hybridized carbons (Fsp3) is 0.154. The molecule has 0 spiro atoms. The molecule has 0 saturated heterocycles. The Morgan fingerprint density at radius 3 is 1.45 bits per heavy atom. The highest BCUT2D eigenvalue weighted by Gasteiger charge is 2.19. The summed E-state index contributed by atoms with van der Waals surface area (Å²) in [6, 6.07) is 16.8. The maximum absolute atomic E-state index is 12.9. The molecule has 0 fully saturated rings. The fourth-order valence-electron chi connectivity index (χ4n) is 3.73. The largest absolute Gasteiger partial charge is 0.457 e. The van der Waals surface area contributed by atoms with Gasteiger partial charge in [-0.2, -0.15) is 0 Å².